The van der Waals surface area contributed by atoms with Crippen molar-refractivity contribution in [3.05, 3.63) is 56.5 Å². The minimum absolute atomic E-state index is 0.0492. The fraction of sp³-hybridized carbons (Fsp3) is 0.278. The second-order valence-corrected chi connectivity index (χ2v) is 8.57. The summed E-state index contributed by atoms with van der Waals surface area (Å²) in [4.78, 5) is 11.1. The van der Waals surface area contributed by atoms with Crippen LogP contribution in [-0.2, 0) is 4.79 Å². The topological polar surface area (TPSA) is 67.8 Å². The lowest BCUT2D eigenvalue weighted by Crippen LogP contribution is -2.33. The highest BCUT2D eigenvalue weighted by Gasteiger charge is 2.30. The van der Waals surface area contributed by atoms with Crippen LogP contribution in [0, 0.1) is 0 Å². The number of carbonyl (C=O) groups is 1. The molecule has 0 bridgehead atoms. The molecule has 5 nitrogen and oxygen atoms in total. The van der Waals surface area contributed by atoms with Crippen LogP contribution in [0.1, 0.15) is 10.9 Å². The molecule has 9 heteroatoms. The quantitative estimate of drug-likeness (QED) is 0.530. The molecule has 0 saturated carbocycles. The number of ether oxygens (including phenoxy) is 2. The van der Waals surface area contributed by atoms with Crippen LogP contribution in [0.25, 0.3) is 0 Å². The predicted octanol–water partition coefficient (Wildman–Crippen LogP) is 5.00. The van der Waals surface area contributed by atoms with Crippen molar-refractivity contribution in [3.63, 3.8) is 0 Å². The lowest BCUT2D eigenvalue weighted by Gasteiger charge is -2.14. The average molecular weight is 493 g/mol. The fourth-order valence-corrected chi connectivity index (χ4v) is 4.70. The number of rotatable bonds is 7. The van der Waals surface area contributed by atoms with E-state index in [4.69, 9.17) is 37.8 Å². The lowest BCUT2D eigenvalue weighted by atomic mass is 10.2. The monoisotopic (exact) mass is 491 g/mol. The molecule has 1 heterocycles. The Morgan fingerprint density at radius 1 is 1.19 bits per heavy atom. The maximum Gasteiger partial charge on any atom is 0.321 e. The third-order valence-corrected chi connectivity index (χ3v) is 6.25. The van der Waals surface area contributed by atoms with E-state index in [0.717, 1.165) is 10.0 Å². The molecule has 1 saturated heterocycles. The average Bonchev–Trinajstić information content (AvgIpc) is 3.11. The number of thioether (sulfide) groups is 1. The van der Waals surface area contributed by atoms with Crippen LogP contribution in [0.4, 0.5) is 0 Å². The van der Waals surface area contributed by atoms with Crippen molar-refractivity contribution >= 4 is 56.9 Å². The van der Waals surface area contributed by atoms with Crippen LogP contribution in [0.2, 0.25) is 10.0 Å². The van der Waals surface area contributed by atoms with Crippen LogP contribution in [0.3, 0.4) is 0 Å². The lowest BCUT2D eigenvalue weighted by molar-refractivity contribution is -0.138. The van der Waals surface area contributed by atoms with Gasteiger partial charge in [-0.2, -0.15) is 0 Å². The third-order valence-electron chi connectivity index (χ3n) is 3.83. The molecule has 3 rings (SSSR count). The summed E-state index contributed by atoms with van der Waals surface area (Å²) in [6, 6.07) is 10.2. The Labute approximate surface area is 179 Å². The SMILES string of the molecule is O=C(O)C1CSC(c2ccc(OCCOc3ccc(Cl)cc3Cl)c(Br)c2)N1. The zero-order valence-electron chi connectivity index (χ0n) is 14.0. The Morgan fingerprint density at radius 2 is 1.89 bits per heavy atom. The van der Waals surface area contributed by atoms with E-state index in [0.29, 0.717) is 40.5 Å². The van der Waals surface area contributed by atoms with Crippen molar-refractivity contribution in [1.82, 2.24) is 5.32 Å². The van der Waals surface area contributed by atoms with Gasteiger partial charge in [0.15, 0.2) is 0 Å². The fourth-order valence-electron chi connectivity index (χ4n) is 2.50. The summed E-state index contributed by atoms with van der Waals surface area (Å²) in [6.45, 7) is 0.671. The van der Waals surface area contributed by atoms with E-state index in [1.165, 1.54) is 0 Å². The van der Waals surface area contributed by atoms with Gasteiger partial charge in [-0.15, -0.1) is 11.8 Å². The highest BCUT2D eigenvalue weighted by atomic mass is 79.9. The number of benzene rings is 2. The summed E-state index contributed by atoms with van der Waals surface area (Å²) < 4.78 is 12.1. The molecule has 2 atom stereocenters. The molecular weight excluding hydrogens is 477 g/mol. The van der Waals surface area contributed by atoms with Crippen LogP contribution in [0.5, 0.6) is 11.5 Å². The Bertz CT molecular complexity index is 839. The van der Waals surface area contributed by atoms with E-state index in [9.17, 15) is 4.79 Å². The first-order valence-electron chi connectivity index (χ1n) is 8.04. The highest BCUT2D eigenvalue weighted by molar-refractivity contribution is 9.10. The molecule has 27 heavy (non-hydrogen) atoms. The molecular formula is C18H16BrCl2NO4S. The smallest absolute Gasteiger partial charge is 0.321 e. The van der Waals surface area contributed by atoms with Gasteiger partial charge in [0.1, 0.15) is 30.8 Å². The Morgan fingerprint density at radius 3 is 2.52 bits per heavy atom. The van der Waals surface area contributed by atoms with Gasteiger partial charge >= 0.3 is 5.97 Å². The largest absolute Gasteiger partial charge is 0.489 e. The molecule has 0 radical (unpaired) electrons. The minimum atomic E-state index is -0.829. The van der Waals surface area contributed by atoms with Gasteiger partial charge < -0.3 is 14.6 Å². The van der Waals surface area contributed by atoms with Gasteiger partial charge in [-0.05, 0) is 51.8 Å². The first kappa shape index (κ1) is 20.6. The van der Waals surface area contributed by atoms with Gasteiger partial charge in [0, 0.05) is 10.8 Å². The van der Waals surface area contributed by atoms with Crippen LogP contribution >= 0.6 is 50.9 Å². The molecule has 0 spiro atoms. The van der Waals surface area contributed by atoms with Gasteiger partial charge in [0.05, 0.1) is 14.9 Å². The molecule has 1 aliphatic rings. The molecule has 2 unspecified atom stereocenters. The molecule has 0 amide bonds. The zero-order valence-corrected chi connectivity index (χ0v) is 17.9. The van der Waals surface area contributed by atoms with Crippen molar-refractivity contribution in [2.24, 2.45) is 0 Å². The maximum absolute atomic E-state index is 11.1. The van der Waals surface area contributed by atoms with Gasteiger partial charge in [-0.1, -0.05) is 29.3 Å². The van der Waals surface area contributed by atoms with Crippen molar-refractivity contribution in [2.75, 3.05) is 19.0 Å². The zero-order chi connectivity index (χ0) is 19.4. The van der Waals surface area contributed by atoms with Gasteiger partial charge in [-0.25, -0.2) is 0 Å². The van der Waals surface area contributed by atoms with Crippen LogP contribution in [-0.4, -0.2) is 36.1 Å². The molecule has 0 aliphatic carbocycles. The summed E-state index contributed by atoms with van der Waals surface area (Å²) in [5, 5.41) is 13.1. The number of hydrogen-bond acceptors (Lipinski definition) is 5. The van der Waals surface area contributed by atoms with Crippen molar-refractivity contribution in [3.8, 4) is 11.5 Å². The summed E-state index contributed by atoms with van der Waals surface area (Å²) in [6.07, 6.45) is 0. The van der Waals surface area contributed by atoms with E-state index >= 15 is 0 Å². The molecule has 0 aromatic heterocycles. The molecule has 2 aromatic carbocycles. The second kappa shape index (κ2) is 9.39. The Kier molecular flexibility index (Phi) is 7.16. The predicted molar refractivity (Wildman–Crippen MR) is 111 cm³/mol. The first-order chi connectivity index (χ1) is 12.9. The number of halogens is 3. The van der Waals surface area contributed by atoms with E-state index in [2.05, 4.69) is 21.2 Å². The number of carboxylic acid groups (broad SMARTS) is 1. The Balaban J connectivity index is 1.52. The van der Waals surface area contributed by atoms with E-state index < -0.39 is 12.0 Å². The van der Waals surface area contributed by atoms with E-state index in [1.54, 1.807) is 30.0 Å². The summed E-state index contributed by atoms with van der Waals surface area (Å²) in [5.74, 6) is 0.948. The molecule has 2 N–H and O–H groups in total. The van der Waals surface area contributed by atoms with Crippen LogP contribution < -0.4 is 14.8 Å². The van der Waals surface area contributed by atoms with Crippen molar-refractivity contribution < 1.29 is 19.4 Å². The van der Waals surface area contributed by atoms with Crippen molar-refractivity contribution in [2.45, 2.75) is 11.4 Å². The molecule has 144 valence electrons. The van der Waals surface area contributed by atoms with Gasteiger partial charge in [0.25, 0.3) is 0 Å². The number of carboxylic acids is 1. The standard InChI is InChI=1S/C18H16BrCl2NO4S/c19-12-7-10(17-22-14(9-27-17)18(23)24)1-3-15(12)25-5-6-26-16-4-2-11(20)8-13(16)21/h1-4,7-8,14,17,22H,5-6,9H2,(H,23,24). The summed E-state index contributed by atoms with van der Waals surface area (Å²) in [7, 11) is 0. The number of aliphatic carboxylic acids is 1. The van der Waals surface area contributed by atoms with Gasteiger partial charge in [-0.3, -0.25) is 10.1 Å². The van der Waals surface area contributed by atoms with Crippen LogP contribution in [0.15, 0.2) is 40.9 Å². The maximum atomic E-state index is 11.1. The van der Waals surface area contributed by atoms with E-state index in [1.807, 2.05) is 18.2 Å². The summed E-state index contributed by atoms with van der Waals surface area (Å²) >= 11 is 17.0. The second-order valence-electron chi connectivity index (χ2n) is 5.73. The molecule has 1 aliphatic heterocycles. The highest BCUT2D eigenvalue weighted by Crippen LogP contribution is 2.36. The number of hydrogen-bond donors (Lipinski definition) is 2. The third kappa shape index (κ3) is 5.45. The summed E-state index contributed by atoms with van der Waals surface area (Å²) in [5.41, 5.74) is 0.993. The Hall–Kier alpha value is -1.12. The molecule has 2 aromatic rings. The minimum Gasteiger partial charge on any atom is -0.489 e. The molecule has 1 fully saturated rings. The van der Waals surface area contributed by atoms with E-state index in [-0.39, 0.29) is 5.37 Å². The first-order valence-corrected chi connectivity index (χ1v) is 10.6. The normalized spacial score (nSPS) is 19.1. The number of nitrogens with one attached hydrogen (secondary N) is 1. The van der Waals surface area contributed by atoms with Gasteiger partial charge in [0.2, 0.25) is 0 Å². The van der Waals surface area contributed by atoms with Crippen molar-refractivity contribution in [1.29, 1.82) is 0 Å².